The largest absolute Gasteiger partial charge is 0.324 e. The van der Waals surface area contributed by atoms with Crippen LogP contribution in [0.4, 0.5) is 21.2 Å². The second kappa shape index (κ2) is 6.83. The van der Waals surface area contributed by atoms with Gasteiger partial charge in [0.1, 0.15) is 0 Å². The van der Waals surface area contributed by atoms with Gasteiger partial charge in [0.25, 0.3) is 0 Å². The van der Waals surface area contributed by atoms with Crippen molar-refractivity contribution in [1.82, 2.24) is 0 Å². The van der Waals surface area contributed by atoms with Crippen molar-refractivity contribution in [3.05, 3.63) is 41.3 Å². The summed E-state index contributed by atoms with van der Waals surface area (Å²) in [5.74, 6) is 0.117. The number of hydrogen-bond acceptors (Lipinski definition) is 3. The summed E-state index contributed by atoms with van der Waals surface area (Å²) in [4.78, 5) is 25.9. The Hall–Kier alpha value is -2.34. The standard InChI is InChI=1S/C17H19N3O2S/c1-2-16(21)20-9-3-5-12-7-8-13(11-14(12)20)18-17(22)19-15-6-4-10-23-15/h4,6-8,10-11H,2-3,5,9H2,1H3,(H2,18,19,22). The molecule has 120 valence electrons. The van der Waals surface area contributed by atoms with E-state index in [1.165, 1.54) is 11.3 Å². The second-order valence-corrected chi connectivity index (χ2v) is 6.35. The summed E-state index contributed by atoms with van der Waals surface area (Å²) >= 11 is 1.47. The van der Waals surface area contributed by atoms with Crippen LogP contribution in [0.5, 0.6) is 0 Å². The van der Waals surface area contributed by atoms with E-state index >= 15 is 0 Å². The van der Waals surface area contributed by atoms with E-state index in [-0.39, 0.29) is 11.9 Å². The monoisotopic (exact) mass is 329 g/mol. The maximum absolute atomic E-state index is 12.1. The first-order valence-electron chi connectivity index (χ1n) is 7.72. The molecule has 0 atom stereocenters. The number of benzene rings is 1. The maximum Gasteiger partial charge on any atom is 0.324 e. The summed E-state index contributed by atoms with van der Waals surface area (Å²) in [5, 5.41) is 8.31. The molecule has 2 heterocycles. The molecule has 0 unspecified atom stereocenters. The number of anilines is 3. The third-order valence-corrected chi connectivity index (χ3v) is 4.61. The van der Waals surface area contributed by atoms with E-state index in [0.717, 1.165) is 35.6 Å². The van der Waals surface area contributed by atoms with Crippen LogP contribution in [0.1, 0.15) is 25.3 Å². The van der Waals surface area contributed by atoms with Crippen molar-refractivity contribution in [1.29, 1.82) is 0 Å². The van der Waals surface area contributed by atoms with Crippen LogP contribution >= 0.6 is 11.3 Å². The number of thiophene rings is 1. The average molecular weight is 329 g/mol. The highest BCUT2D eigenvalue weighted by molar-refractivity contribution is 7.14. The normalized spacial score (nSPS) is 13.3. The number of carbonyl (C=O) groups is 2. The molecule has 2 aromatic rings. The van der Waals surface area contributed by atoms with E-state index in [2.05, 4.69) is 10.6 Å². The quantitative estimate of drug-likeness (QED) is 0.891. The summed E-state index contributed by atoms with van der Waals surface area (Å²) < 4.78 is 0. The zero-order chi connectivity index (χ0) is 16.2. The van der Waals surface area contributed by atoms with Crippen molar-refractivity contribution in [3.63, 3.8) is 0 Å². The molecule has 1 aliphatic heterocycles. The highest BCUT2D eigenvalue weighted by Crippen LogP contribution is 2.30. The molecule has 1 aromatic carbocycles. The first kappa shape index (κ1) is 15.6. The Morgan fingerprint density at radius 1 is 1.26 bits per heavy atom. The van der Waals surface area contributed by atoms with E-state index in [4.69, 9.17) is 0 Å². The summed E-state index contributed by atoms with van der Waals surface area (Å²) in [6.07, 6.45) is 2.42. The minimum atomic E-state index is -0.281. The molecule has 0 bridgehead atoms. The number of nitrogens with one attached hydrogen (secondary N) is 2. The molecule has 1 aliphatic rings. The SMILES string of the molecule is CCC(=O)N1CCCc2ccc(NC(=O)Nc3cccs3)cc21. The number of urea groups is 1. The summed E-state index contributed by atoms with van der Waals surface area (Å²) in [6, 6.07) is 9.21. The Kier molecular flexibility index (Phi) is 4.62. The lowest BCUT2D eigenvalue weighted by atomic mass is 10.0. The first-order chi connectivity index (χ1) is 11.2. The Balaban J connectivity index is 1.76. The Morgan fingerprint density at radius 3 is 2.87 bits per heavy atom. The fraction of sp³-hybridized carbons (Fsp3) is 0.294. The Labute approximate surface area is 139 Å². The number of carbonyl (C=O) groups excluding carboxylic acids is 2. The van der Waals surface area contributed by atoms with E-state index in [1.807, 2.05) is 47.5 Å². The molecule has 0 saturated carbocycles. The highest BCUT2D eigenvalue weighted by atomic mass is 32.1. The molecule has 23 heavy (non-hydrogen) atoms. The van der Waals surface area contributed by atoms with Gasteiger partial charge in [-0.3, -0.25) is 10.1 Å². The molecular formula is C17H19N3O2S. The van der Waals surface area contributed by atoms with E-state index in [1.54, 1.807) is 0 Å². The van der Waals surface area contributed by atoms with Crippen molar-refractivity contribution >= 4 is 39.7 Å². The van der Waals surface area contributed by atoms with Gasteiger partial charge < -0.3 is 10.2 Å². The van der Waals surface area contributed by atoms with Crippen LogP contribution in [0.15, 0.2) is 35.7 Å². The molecule has 3 amide bonds. The van der Waals surface area contributed by atoms with Gasteiger partial charge in [-0.25, -0.2) is 4.79 Å². The summed E-state index contributed by atoms with van der Waals surface area (Å²) in [5.41, 5.74) is 2.76. The van der Waals surface area contributed by atoms with Gasteiger partial charge in [0.2, 0.25) is 5.91 Å². The minimum Gasteiger partial charge on any atom is -0.312 e. The molecule has 0 aliphatic carbocycles. The van der Waals surface area contributed by atoms with Gasteiger partial charge >= 0.3 is 6.03 Å². The molecule has 0 fully saturated rings. The molecule has 5 nitrogen and oxygen atoms in total. The lowest BCUT2D eigenvalue weighted by molar-refractivity contribution is -0.118. The summed E-state index contributed by atoms with van der Waals surface area (Å²) in [6.45, 7) is 2.61. The molecule has 3 rings (SSSR count). The highest BCUT2D eigenvalue weighted by Gasteiger charge is 2.21. The van der Waals surface area contributed by atoms with Crippen LogP contribution < -0.4 is 15.5 Å². The number of aryl methyl sites for hydroxylation is 1. The van der Waals surface area contributed by atoms with E-state index in [0.29, 0.717) is 12.1 Å². The van der Waals surface area contributed by atoms with Gasteiger partial charge in [-0.05, 0) is 48.1 Å². The predicted molar refractivity (Wildman–Crippen MR) is 94.4 cm³/mol. The topological polar surface area (TPSA) is 61.4 Å². The van der Waals surface area contributed by atoms with Gasteiger partial charge in [0, 0.05) is 24.3 Å². The van der Waals surface area contributed by atoms with Gasteiger partial charge in [-0.15, -0.1) is 11.3 Å². The fourth-order valence-corrected chi connectivity index (χ4v) is 3.34. The average Bonchev–Trinajstić information content (AvgIpc) is 3.06. The maximum atomic E-state index is 12.1. The number of hydrogen-bond donors (Lipinski definition) is 2. The minimum absolute atomic E-state index is 0.117. The van der Waals surface area contributed by atoms with E-state index < -0.39 is 0 Å². The van der Waals surface area contributed by atoms with Gasteiger partial charge in [-0.2, -0.15) is 0 Å². The lowest BCUT2D eigenvalue weighted by Gasteiger charge is -2.29. The van der Waals surface area contributed by atoms with Crippen molar-refractivity contribution < 1.29 is 9.59 Å². The van der Waals surface area contributed by atoms with Crippen molar-refractivity contribution in [2.45, 2.75) is 26.2 Å². The molecular weight excluding hydrogens is 310 g/mol. The van der Waals surface area contributed by atoms with Crippen molar-refractivity contribution in [2.75, 3.05) is 22.1 Å². The van der Waals surface area contributed by atoms with Crippen LogP contribution in [0, 0.1) is 0 Å². The molecule has 6 heteroatoms. The molecule has 1 aromatic heterocycles. The molecule has 0 saturated heterocycles. The molecule has 0 radical (unpaired) electrons. The number of fused-ring (bicyclic) bond motifs is 1. The zero-order valence-electron chi connectivity index (χ0n) is 13.0. The van der Waals surface area contributed by atoms with Crippen LogP contribution in [0.25, 0.3) is 0 Å². The van der Waals surface area contributed by atoms with Crippen LogP contribution in [0.2, 0.25) is 0 Å². The second-order valence-electron chi connectivity index (χ2n) is 5.40. The lowest BCUT2D eigenvalue weighted by Crippen LogP contribution is -2.35. The van der Waals surface area contributed by atoms with E-state index in [9.17, 15) is 9.59 Å². The van der Waals surface area contributed by atoms with Gasteiger partial charge in [-0.1, -0.05) is 13.0 Å². The van der Waals surface area contributed by atoms with Crippen molar-refractivity contribution in [3.8, 4) is 0 Å². The van der Waals surface area contributed by atoms with Crippen LogP contribution in [0.3, 0.4) is 0 Å². The Morgan fingerprint density at radius 2 is 2.13 bits per heavy atom. The fourth-order valence-electron chi connectivity index (χ4n) is 2.73. The Bertz CT molecular complexity index is 713. The molecule has 0 spiro atoms. The van der Waals surface area contributed by atoms with Crippen molar-refractivity contribution in [2.24, 2.45) is 0 Å². The smallest absolute Gasteiger partial charge is 0.312 e. The third-order valence-electron chi connectivity index (χ3n) is 3.82. The van der Waals surface area contributed by atoms with Crippen LogP contribution in [-0.2, 0) is 11.2 Å². The van der Waals surface area contributed by atoms with Gasteiger partial charge in [0.05, 0.1) is 5.00 Å². The van der Waals surface area contributed by atoms with Crippen LogP contribution in [-0.4, -0.2) is 18.5 Å². The van der Waals surface area contributed by atoms with Gasteiger partial charge in [0.15, 0.2) is 0 Å². The number of rotatable bonds is 3. The zero-order valence-corrected chi connectivity index (χ0v) is 13.8. The number of nitrogens with zero attached hydrogens (tertiary/aromatic N) is 1. The number of amides is 3. The first-order valence-corrected chi connectivity index (χ1v) is 8.60. The third kappa shape index (κ3) is 3.53. The molecule has 2 N–H and O–H groups in total. The summed E-state index contributed by atoms with van der Waals surface area (Å²) in [7, 11) is 0. The predicted octanol–water partition coefficient (Wildman–Crippen LogP) is 4.08.